The Hall–Kier alpha value is -1.46. The molecule has 1 heterocycles. The lowest BCUT2D eigenvalue weighted by atomic mass is 10.1. The second-order valence-electron chi connectivity index (χ2n) is 3.95. The quantitative estimate of drug-likeness (QED) is 0.824. The van der Waals surface area contributed by atoms with Crippen LogP contribution in [-0.2, 0) is 9.53 Å². The van der Waals surface area contributed by atoms with E-state index in [1.807, 2.05) is 0 Å². The van der Waals surface area contributed by atoms with Gasteiger partial charge in [0.05, 0.1) is 19.7 Å². The van der Waals surface area contributed by atoms with Crippen molar-refractivity contribution < 1.29 is 13.9 Å². The van der Waals surface area contributed by atoms with Crippen molar-refractivity contribution in [1.82, 2.24) is 4.90 Å². The Morgan fingerprint density at radius 1 is 1.47 bits per heavy atom. The Bertz CT molecular complexity index is 394. The Morgan fingerprint density at radius 3 is 2.82 bits per heavy atom. The maximum Gasteiger partial charge on any atom is 0.236 e. The van der Waals surface area contributed by atoms with Crippen molar-refractivity contribution in [2.75, 3.05) is 26.2 Å². The standard InChI is InChI=1S/C12H15FN2O2/c13-10-3-1-9(2-4-10)11-8-15(5-6-17-11)12(16)7-14/h1-4,11H,5-8,14H2. The molecule has 17 heavy (non-hydrogen) atoms. The van der Waals surface area contributed by atoms with Crippen molar-refractivity contribution in [1.29, 1.82) is 0 Å². The first-order valence-corrected chi connectivity index (χ1v) is 5.55. The zero-order valence-corrected chi connectivity index (χ0v) is 9.43. The lowest BCUT2D eigenvalue weighted by molar-refractivity contribution is -0.137. The van der Waals surface area contributed by atoms with Crippen LogP contribution in [0.3, 0.4) is 0 Å². The molecular formula is C12H15FN2O2. The highest BCUT2D eigenvalue weighted by atomic mass is 19.1. The molecule has 1 saturated heterocycles. The topological polar surface area (TPSA) is 55.6 Å². The maximum atomic E-state index is 12.8. The Balaban J connectivity index is 2.06. The largest absolute Gasteiger partial charge is 0.370 e. The minimum atomic E-state index is -0.278. The molecule has 92 valence electrons. The van der Waals surface area contributed by atoms with E-state index in [2.05, 4.69) is 0 Å². The number of nitrogens with zero attached hydrogens (tertiary/aromatic N) is 1. The van der Waals surface area contributed by atoms with Crippen LogP contribution in [0.5, 0.6) is 0 Å². The van der Waals surface area contributed by atoms with Crippen molar-refractivity contribution in [2.24, 2.45) is 5.73 Å². The molecule has 1 atom stereocenters. The third-order valence-corrected chi connectivity index (χ3v) is 2.84. The predicted octanol–water partition coefficient (Wildman–Crippen LogP) is 0.684. The van der Waals surface area contributed by atoms with Crippen LogP contribution < -0.4 is 5.73 Å². The molecule has 1 aliphatic heterocycles. The van der Waals surface area contributed by atoms with Gasteiger partial charge in [-0.05, 0) is 17.7 Å². The minimum absolute atomic E-state index is 0.0101. The summed E-state index contributed by atoms with van der Waals surface area (Å²) in [7, 11) is 0. The molecule has 1 aliphatic rings. The van der Waals surface area contributed by atoms with E-state index >= 15 is 0 Å². The predicted molar refractivity (Wildman–Crippen MR) is 60.7 cm³/mol. The van der Waals surface area contributed by atoms with Gasteiger partial charge < -0.3 is 15.4 Å². The summed E-state index contributed by atoms with van der Waals surface area (Å²) in [6.07, 6.45) is -0.195. The van der Waals surface area contributed by atoms with Gasteiger partial charge in [-0.1, -0.05) is 12.1 Å². The lowest BCUT2D eigenvalue weighted by Gasteiger charge is -2.33. The molecule has 2 rings (SSSR count). The molecule has 1 unspecified atom stereocenters. The molecule has 0 radical (unpaired) electrons. The first kappa shape index (κ1) is 12.0. The number of nitrogens with two attached hydrogens (primary N) is 1. The summed E-state index contributed by atoms with van der Waals surface area (Å²) in [5.41, 5.74) is 6.20. The fourth-order valence-electron chi connectivity index (χ4n) is 1.88. The van der Waals surface area contributed by atoms with Crippen molar-refractivity contribution in [3.63, 3.8) is 0 Å². The van der Waals surface area contributed by atoms with Crippen molar-refractivity contribution in [3.05, 3.63) is 35.6 Å². The molecule has 1 aromatic rings. The number of carbonyl (C=O) groups excluding carboxylic acids is 1. The van der Waals surface area contributed by atoms with Crippen LogP contribution in [0.1, 0.15) is 11.7 Å². The smallest absolute Gasteiger partial charge is 0.236 e. The van der Waals surface area contributed by atoms with E-state index in [0.717, 1.165) is 5.56 Å². The van der Waals surface area contributed by atoms with Gasteiger partial charge in [0.1, 0.15) is 11.9 Å². The van der Waals surface area contributed by atoms with Gasteiger partial charge in [0.25, 0.3) is 0 Å². The summed E-state index contributed by atoms with van der Waals surface area (Å²) in [5, 5.41) is 0. The average molecular weight is 238 g/mol. The Labute approximate surface area is 99.2 Å². The summed E-state index contributed by atoms with van der Waals surface area (Å²) < 4.78 is 18.4. The molecule has 0 aromatic heterocycles. The fourth-order valence-corrected chi connectivity index (χ4v) is 1.88. The molecule has 0 aliphatic carbocycles. The Kier molecular flexibility index (Phi) is 3.71. The van der Waals surface area contributed by atoms with Crippen LogP contribution in [0.4, 0.5) is 4.39 Å². The monoisotopic (exact) mass is 238 g/mol. The van der Waals surface area contributed by atoms with Gasteiger partial charge in [0.15, 0.2) is 0 Å². The number of ether oxygens (including phenoxy) is 1. The molecule has 0 bridgehead atoms. The van der Waals surface area contributed by atoms with Gasteiger partial charge >= 0.3 is 0 Å². The molecule has 0 saturated carbocycles. The van der Waals surface area contributed by atoms with Crippen LogP contribution in [-0.4, -0.2) is 37.0 Å². The number of benzene rings is 1. The van der Waals surface area contributed by atoms with E-state index in [4.69, 9.17) is 10.5 Å². The van der Waals surface area contributed by atoms with E-state index in [9.17, 15) is 9.18 Å². The molecule has 0 spiro atoms. The first-order chi connectivity index (χ1) is 8.20. The fraction of sp³-hybridized carbons (Fsp3) is 0.417. The average Bonchev–Trinajstić information content (AvgIpc) is 2.39. The highest BCUT2D eigenvalue weighted by molar-refractivity contribution is 5.78. The molecule has 5 heteroatoms. The Morgan fingerprint density at radius 2 is 2.18 bits per heavy atom. The molecule has 4 nitrogen and oxygen atoms in total. The summed E-state index contributed by atoms with van der Waals surface area (Å²) >= 11 is 0. The zero-order valence-electron chi connectivity index (χ0n) is 9.43. The molecule has 1 fully saturated rings. The van der Waals surface area contributed by atoms with E-state index in [1.54, 1.807) is 17.0 Å². The van der Waals surface area contributed by atoms with Gasteiger partial charge in [-0.2, -0.15) is 0 Å². The number of carbonyl (C=O) groups is 1. The number of morpholine rings is 1. The van der Waals surface area contributed by atoms with Crippen molar-refractivity contribution in [3.8, 4) is 0 Å². The normalized spacial score (nSPS) is 20.4. The van der Waals surface area contributed by atoms with Crippen LogP contribution in [0, 0.1) is 5.82 Å². The molecule has 2 N–H and O–H groups in total. The third kappa shape index (κ3) is 2.81. The second kappa shape index (κ2) is 5.25. The van der Waals surface area contributed by atoms with Crippen LogP contribution in [0.25, 0.3) is 0 Å². The zero-order chi connectivity index (χ0) is 12.3. The van der Waals surface area contributed by atoms with Crippen LogP contribution in [0.2, 0.25) is 0 Å². The second-order valence-corrected chi connectivity index (χ2v) is 3.95. The number of rotatable bonds is 2. The van der Waals surface area contributed by atoms with E-state index in [-0.39, 0.29) is 24.4 Å². The SMILES string of the molecule is NCC(=O)N1CCOC(c2ccc(F)cc2)C1. The summed E-state index contributed by atoms with van der Waals surface area (Å²) in [6.45, 7) is 1.53. The molecule has 1 aromatic carbocycles. The molecular weight excluding hydrogens is 223 g/mol. The highest BCUT2D eigenvalue weighted by Crippen LogP contribution is 2.22. The number of hydrogen-bond acceptors (Lipinski definition) is 3. The van der Waals surface area contributed by atoms with E-state index < -0.39 is 0 Å². The van der Waals surface area contributed by atoms with Gasteiger partial charge in [0, 0.05) is 6.54 Å². The lowest BCUT2D eigenvalue weighted by Crippen LogP contribution is -2.44. The van der Waals surface area contributed by atoms with Gasteiger partial charge in [-0.15, -0.1) is 0 Å². The maximum absolute atomic E-state index is 12.8. The molecule has 1 amide bonds. The summed E-state index contributed by atoms with van der Waals surface area (Å²) in [6, 6.07) is 6.14. The van der Waals surface area contributed by atoms with Crippen molar-refractivity contribution in [2.45, 2.75) is 6.10 Å². The number of amides is 1. The summed E-state index contributed by atoms with van der Waals surface area (Å²) in [4.78, 5) is 13.2. The summed E-state index contributed by atoms with van der Waals surface area (Å²) in [5.74, 6) is -0.361. The van der Waals surface area contributed by atoms with Gasteiger partial charge in [-0.25, -0.2) is 4.39 Å². The first-order valence-electron chi connectivity index (χ1n) is 5.55. The highest BCUT2D eigenvalue weighted by Gasteiger charge is 2.24. The third-order valence-electron chi connectivity index (χ3n) is 2.84. The van der Waals surface area contributed by atoms with Crippen LogP contribution >= 0.6 is 0 Å². The number of hydrogen-bond donors (Lipinski definition) is 1. The van der Waals surface area contributed by atoms with Crippen molar-refractivity contribution >= 4 is 5.91 Å². The minimum Gasteiger partial charge on any atom is -0.370 e. The van der Waals surface area contributed by atoms with Gasteiger partial charge in [0.2, 0.25) is 5.91 Å². The van der Waals surface area contributed by atoms with E-state index in [0.29, 0.717) is 19.7 Å². The van der Waals surface area contributed by atoms with E-state index in [1.165, 1.54) is 12.1 Å². The number of halogens is 1. The van der Waals surface area contributed by atoms with Crippen LogP contribution in [0.15, 0.2) is 24.3 Å². The van der Waals surface area contributed by atoms with Gasteiger partial charge in [-0.3, -0.25) is 4.79 Å².